The van der Waals surface area contributed by atoms with Gasteiger partial charge >= 0.3 is 0 Å². The third-order valence-electron chi connectivity index (χ3n) is 6.14. The fourth-order valence-corrected chi connectivity index (χ4v) is 5.98. The monoisotopic (exact) mass is 494 g/mol. The van der Waals surface area contributed by atoms with Crippen molar-refractivity contribution in [3.8, 4) is 11.5 Å². The van der Waals surface area contributed by atoms with Crippen LogP contribution in [0.1, 0.15) is 36.1 Å². The number of sulfonamides is 1. The Morgan fingerprint density at radius 2 is 1.80 bits per heavy atom. The van der Waals surface area contributed by atoms with Crippen molar-refractivity contribution in [1.82, 2.24) is 5.32 Å². The van der Waals surface area contributed by atoms with E-state index in [-0.39, 0.29) is 23.5 Å². The highest BCUT2D eigenvalue weighted by Gasteiger charge is 2.29. The largest absolute Gasteiger partial charge is 0.496 e. The summed E-state index contributed by atoms with van der Waals surface area (Å²) in [7, 11) is -2.12. The molecule has 1 unspecified atom stereocenters. The number of methoxy groups -OCH3 is 1. The van der Waals surface area contributed by atoms with Gasteiger partial charge in [0, 0.05) is 12.1 Å². The number of anilines is 1. The molecule has 0 aromatic heterocycles. The molecule has 7 nitrogen and oxygen atoms in total. The second-order valence-corrected chi connectivity index (χ2v) is 10.4. The molecule has 1 atom stereocenters. The van der Waals surface area contributed by atoms with Gasteiger partial charge in [0.15, 0.2) is 6.61 Å². The van der Waals surface area contributed by atoms with E-state index in [1.807, 2.05) is 55.5 Å². The number of rotatable bonds is 8. The fraction of sp³-hybridized carbons (Fsp3) is 0.296. The smallest absolute Gasteiger partial charge is 0.264 e. The van der Waals surface area contributed by atoms with Gasteiger partial charge in [0.1, 0.15) is 11.5 Å². The van der Waals surface area contributed by atoms with Gasteiger partial charge in [-0.2, -0.15) is 0 Å². The minimum Gasteiger partial charge on any atom is -0.496 e. The molecule has 0 aliphatic carbocycles. The molecule has 0 saturated heterocycles. The summed E-state index contributed by atoms with van der Waals surface area (Å²) in [5.41, 5.74) is 3.28. The molecule has 4 rings (SSSR count). The van der Waals surface area contributed by atoms with E-state index in [4.69, 9.17) is 9.47 Å². The van der Waals surface area contributed by atoms with Crippen LogP contribution in [-0.4, -0.2) is 34.6 Å². The van der Waals surface area contributed by atoms with Crippen LogP contribution in [0.25, 0.3) is 0 Å². The molecule has 0 saturated carbocycles. The summed E-state index contributed by atoms with van der Waals surface area (Å²) in [4.78, 5) is 12.7. The number of hydrogen-bond acceptors (Lipinski definition) is 5. The van der Waals surface area contributed by atoms with E-state index in [0.717, 1.165) is 29.7 Å². The fourth-order valence-electron chi connectivity index (χ4n) is 4.35. The zero-order valence-corrected chi connectivity index (χ0v) is 21.0. The molecule has 0 spiro atoms. The molecule has 35 heavy (non-hydrogen) atoms. The van der Waals surface area contributed by atoms with Gasteiger partial charge < -0.3 is 14.8 Å². The predicted octanol–water partition coefficient (Wildman–Crippen LogP) is 4.40. The summed E-state index contributed by atoms with van der Waals surface area (Å²) in [5.74, 6) is 0.873. The van der Waals surface area contributed by atoms with Crippen molar-refractivity contribution >= 4 is 21.6 Å². The van der Waals surface area contributed by atoms with E-state index in [0.29, 0.717) is 23.6 Å². The highest BCUT2D eigenvalue weighted by atomic mass is 32.2. The van der Waals surface area contributed by atoms with Gasteiger partial charge in [-0.3, -0.25) is 9.10 Å². The number of fused-ring (bicyclic) bond motifs is 1. The second-order valence-electron chi connectivity index (χ2n) is 8.56. The summed E-state index contributed by atoms with van der Waals surface area (Å²) in [5, 5.41) is 2.90. The standard InChI is InChI=1S/C27H30N2O5S/c1-19-17-22(35(31,32)29-16-8-10-21-9-4-6-12-24(21)29)14-15-25(19)34-18-27(30)28-20(2)23-11-5-7-13-26(23)33-3/h4-7,9,11-15,17,20H,8,10,16,18H2,1-3H3,(H,28,30). The summed E-state index contributed by atoms with van der Waals surface area (Å²) in [6.07, 6.45) is 1.64. The summed E-state index contributed by atoms with van der Waals surface area (Å²) in [6, 6.07) is 19.6. The van der Waals surface area contributed by atoms with Gasteiger partial charge in [0.05, 0.1) is 23.7 Å². The summed E-state index contributed by atoms with van der Waals surface area (Å²) < 4.78 is 39.3. The second kappa shape index (κ2) is 10.4. The molecule has 1 N–H and O–H groups in total. The number of para-hydroxylation sites is 2. The summed E-state index contributed by atoms with van der Waals surface area (Å²) in [6.45, 7) is 3.90. The molecular formula is C27H30N2O5S. The maximum Gasteiger partial charge on any atom is 0.264 e. The Balaban J connectivity index is 1.43. The third-order valence-corrected chi connectivity index (χ3v) is 7.95. The van der Waals surface area contributed by atoms with Crippen LogP contribution in [0.5, 0.6) is 11.5 Å². The molecule has 1 heterocycles. The van der Waals surface area contributed by atoms with Gasteiger partial charge in [0.25, 0.3) is 15.9 Å². The van der Waals surface area contributed by atoms with E-state index in [1.54, 1.807) is 26.2 Å². The minimum atomic E-state index is -3.71. The number of benzene rings is 3. The Labute approximate surface area is 206 Å². The maximum absolute atomic E-state index is 13.4. The van der Waals surface area contributed by atoms with Gasteiger partial charge in [-0.15, -0.1) is 0 Å². The van der Waals surface area contributed by atoms with E-state index >= 15 is 0 Å². The van der Waals surface area contributed by atoms with Crippen LogP contribution in [0.3, 0.4) is 0 Å². The molecule has 3 aromatic carbocycles. The van der Waals surface area contributed by atoms with Crippen LogP contribution in [0.15, 0.2) is 71.6 Å². The Morgan fingerprint density at radius 3 is 2.57 bits per heavy atom. The lowest BCUT2D eigenvalue weighted by atomic mass is 10.0. The quantitative estimate of drug-likeness (QED) is 0.502. The molecule has 1 amide bonds. The van der Waals surface area contributed by atoms with Crippen molar-refractivity contribution in [2.75, 3.05) is 24.6 Å². The Morgan fingerprint density at radius 1 is 1.06 bits per heavy atom. The topological polar surface area (TPSA) is 84.9 Å². The molecular weight excluding hydrogens is 464 g/mol. The van der Waals surface area contributed by atoms with Gasteiger partial charge in [-0.05, 0) is 68.1 Å². The Bertz CT molecular complexity index is 1320. The van der Waals surface area contributed by atoms with Crippen LogP contribution in [0.2, 0.25) is 0 Å². The van der Waals surface area contributed by atoms with Gasteiger partial charge in [-0.1, -0.05) is 36.4 Å². The first kappa shape index (κ1) is 24.6. The van der Waals surface area contributed by atoms with Crippen LogP contribution in [0, 0.1) is 6.92 Å². The minimum absolute atomic E-state index is 0.189. The molecule has 1 aliphatic rings. The van der Waals surface area contributed by atoms with Gasteiger partial charge in [-0.25, -0.2) is 8.42 Å². The molecule has 0 fully saturated rings. The average Bonchev–Trinajstić information content (AvgIpc) is 2.87. The molecule has 184 valence electrons. The number of ether oxygens (including phenoxy) is 2. The SMILES string of the molecule is COc1ccccc1C(C)NC(=O)COc1ccc(S(=O)(=O)N2CCCc3ccccc32)cc1C. The predicted molar refractivity (Wildman–Crippen MR) is 136 cm³/mol. The number of nitrogens with one attached hydrogen (secondary N) is 1. The maximum atomic E-state index is 13.4. The zero-order chi connectivity index (χ0) is 25.0. The van der Waals surface area contributed by atoms with Crippen molar-refractivity contribution in [1.29, 1.82) is 0 Å². The molecule has 1 aliphatic heterocycles. The first-order valence-electron chi connectivity index (χ1n) is 11.6. The number of aryl methyl sites for hydroxylation is 2. The number of hydrogen-bond donors (Lipinski definition) is 1. The van der Waals surface area contributed by atoms with E-state index < -0.39 is 10.0 Å². The van der Waals surface area contributed by atoms with Crippen molar-refractivity contribution in [2.45, 2.75) is 37.6 Å². The molecule has 3 aromatic rings. The molecule has 8 heteroatoms. The van der Waals surface area contributed by atoms with Crippen LogP contribution in [0.4, 0.5) is 5.69 Å². The van der Waals surface area contributed by atoms with Crippen molar-refractivity contribution in [3.05, 3.63) is 83.4 Å². The number of carbonyl (C=O) groups excluding carboxylic acids is 1. The lowest BCUT2D eigenvalue weighted by Crippen LogP contribution is -2.35. The number of carbonyl (C=O) groups is 1. The first-order valence-corrected chi connectivity index (χ1v) is 13.0. The molecule has 0 radical (unpaired) electrons. The molecule has 0 bridgehead atoms. The van der Waals surface area contributed by atoms with Gasteiger partial charge in [0.2, 0.25) is 0 Å². The lowest BCUT2D eigenvalue weighted by Gasteiger charge is -2.30. The van der Waals surface area contributed by atoms with Crippen molar-refractivity contribution in [3.63, 3.8) is 0 Å². The summed E-state index contributed by atoms with van der Waals surface area (Å²) >= 11 is 0. The normalized spacial score (nSPS) is 14.1. The zero-order valence-electron chi connectivity index (χ0n) is 20.2. The third kappa shape index (κ3) is 5.27. The Kier molecular flexibility index (Phi) is 7.31. The van der Waals surface area contributed by atoms with Crippen molar-refractivity contribution in [2.24, 2.45) is 0 Å². The van der Waals surface area contributed by atoms with Crippen molar-refractivity contribution < 1.29 is 22.7 Å². The highest BCUT2D eigenvalue weighted by molar-refractivity contribution is 7.92. The number of amides is 1. The lowest BCUT2D eigenvalue weighted by molar-refractivity contribution is -0.123. The Hall–Kier alpha value is -3.52. The van der Waals surface area contributed by atoms with E-state index in [9.17, 15) is 13.2 Å². The number of nitrogens with zero attached hydrogens (tertiary/aromatic N) is 1. The van der Waals surface area contributed by atoms with Crippen LogP contribution in [-0.2, 0) is 21.2 Å². The van der Waals surface area contributed by atoms with Crippen LogP contribution < -0.4 is 19.1 Å². The van der Waals surface area contributed by atoms with Crippen LogP contribution >= 0.6 is 0 Å². The average molecular weight is 495 g/mol. The van der Waals surface area contributed by atoms with E-state index in [2.05, 4.69) is 5.32 Å². The first-order chi connectivity index (χ1) is 16.8. The highest BCUT2D eigenvalue weighted by Crippen LogP contribution is 2.33. The van der Waals surface area contributed by atoms with E-state index in [1.165, 1.54) is 10.4 Å².